The lowest BCUT2D eigenvalue weighted by molar-refractivity contribution is 0.102. The van der Waals surface area contributed by atoms with Crippen LogP contribution in [0.5, 0.6) is 0 Å². The lowest BCUT2D eigenvalue weighted by atomic mass is 10.1. The Labute approximate surface area is 115 Å². The molecule has 0 atom stereocenters. The second kappa shape index (κ2) is 6.97. The molecular formula is C14H12N4O2. The summed E-state index contributed by atoms with van der Waals surface area (Å²) in [7, 11) is 0. The monoisotopic (exact) mass is 268 g/mol. The van der Waals surface area contributed by atoms with Crippen LogP contribution < -0.4 is 5.32 Å². The first kappa shape index (κ1) is 13.6. The van der Waals surface area contributed by atoms with Gasteiger partial charge in [0, 0.05) is 17.5 Å². The van der Waals surface area contributed by atoms with Crippen molar-refractivity contribution < 1.29 is 9.90 Å². The molecule has 0 aliphatic heterocycles. The zero-order valence-corrected chi connectivity index (χ0v) is 10.6. The Hall–Kier alpha value is -2.78. The molecule has 0 saturated carbocycles. The van der Waals surface area contributed by atoms with E-state index in [0.29, 0.717) is 17.5 Å². The summed E-state index contributed by atoms with van der Waals surface area (Å²) in [6, 6.07) is 6.86. The van der Waals surface area contributed by atoms with E-state index in [-0.39, 0.29) is 18.5 Å². The van der Waals surface area contributed by atoms with Crippen molar-refractivity contribution in [2.45, 2.75) is 6.42 Å². The molecule has 0 fully saturated rings. The Morgan fingerprint density at radius 1 is 1.35 bits per heavy atom. The van der Waals surface area contributed by atoms with Crippen molar-refractivity contribution in [1.29, 1.82) is 0 Å². The number of hydrogen-bond acceptors (Lipinski definition) is 5. The lowest BCUT2D eigenvalue weighted by Gasteiger charge is -2.02. The predicted octanol–water partition coefficient (Wildman–Crippen LogP) is 0.858. The van der Waals surface area contributed by atoms with Gasteiger partial charge in [0.1, 0.15) is 0 Å². The molecule has 0 unspecified atom stereocenters. The fraction of sp³-hybridized carbons (Fsp3) is 0.143. The summed E-state index contributed by atoms with van der Waals surface area (Å²) >= 11 is 0. The topological polar surface area (TPSA) is 88.0 Å². The highest BCUT2D eigenvalue weighted by Gasteiger charge is 2.07. The van der Waals surface area contributed by atoms with E-state index in [2.05, 4.69) is 32.3 Å². The molecule has 2 aromatic rings. The van der Waals surface area contributed by atoms with E-state index >= 15 is 0 Å². The van der Waals surface area contributed by atoms with E-state index in [9.17, 15) is 4.79 Å². The number of benzene rings is 1. The number of aromatic nitrogens is 3. The Morgan fingerprint density at radius 3 is 3.00 bits per heavy atom. The molecule has 20 heavy (non-hydrogen) atoms. The summed E-state index contributed by atoms with van der Waals surface area (Å²) in [6.07, 6.45) is 3.27. The zero-order valence-electron chi connectivity index (χ0n) is 10.6. The fourth-order valence-corrected chi connectivity index (χ4v) is 1.44. The number of anilines is 1. The highest BCUT2D eigenvalue weighted by atomic mass is 16.2. The molecule has 2 rings (SSSR count). The highest BCUT2D eigenvalue weighted by molar-refractivity contribution is 6.03. The maximum atomic E-state index is 12.0. The number of amides is 1. The Balaban J connectivity index is 2.11. The normalized spacial score (nSPS) is 9.45. The molecule has 2 N–H and O–H groups in total. The van der Waals surface area contributed by atoms with Crippen molar-refractivity contribution >= 4 is 11.9 Å². The number of carbonyl (C=O) groups excluding carboxylic acids is 1. The van der Waals surface area contributed by atoms with Gasteiger partial charge in [0.25, 0.3) is 5.91 Å². The number of nitrogens with one attached hydrogen (secondary N) is 1. The minimum absolute atomic E-state index is 0.0194. The van der Waals surface area contributed by atoms with E-state index in [1.807, 2.05) is 0 Å². The van der Waals surface area contributed by atoms with Gasteiger partial charge >= 0.3 is 0 Å². The minimum Gasteiger partial charge on any atom is -0.395 e. The van der Waals surface area contributed by atoms with Crippen molar-refractivity contribution in [3.63, 3.8) is 0 Å². The fourth-order valence-electron chi connectivity index (χ4n) is 1.44. The van der Waals surface area contributed by atoms with Crippen molar-refractivity contribution in [3.8, 4) is 11.8 Å². The Morgan fingerprint density at radius 2 is 2.25 bits per heavy atom. The van der Waals surface area contributed by atoms with Crippen LogP contribution in [-0.4, -0.2) is 32.8 Å². The molecule has 1 amide bonds. The molecule has 0 spiro atoms. The summed E-state index contributed by atoms with van der Waals surface area (Å²) in [4.78, 5) is 15.9. The molecular weight excluding hydrogens is 256 g/mol. The lowest BCUT2D eigenvalue weighted by Crippen LogP contribution is -2.14. The molecule has 0 bridgehead atoms. The first-order valence-corrected chi connectivity index (χ1v) is 5.94. The maximum Gasteiger partial charge on any atom is 0.258 e. The quantitative estimate of drug-likeness (QED) is 0.806. The average Bonchev–Trinajstić information content (AvgIpc) is 2.49. The Bertz CT molecular complexity index is 647. The van der Waals surface area contributed by atoms with Crippen LogP contribution in [-0.2, 0) is 0 Å². The maximum absolute atomic E-state index is 12.0. The molecule has 0 aliphatic rings. The Kier molecular flexibility index (Phi) is 4.76. The van der Waals surface area contributed by atoms with Crippen LogP contribution in [0.25, 0.3) is 0 Å². The standard InChI is InChI=1S/C14H12N4O2/c19-9-2-1-4-11-5-3-6-12(10-11)13(20)17-14-15-7-8-16-18-14/h3,5-8,10,19H,2,9H2,(H,15,17,18,20). The van der Waals surface area contributed by atoms with Crippen LogP contribution in [0.1, 0.15) is 22.3 Å². The van der Waals surface area contributed by atoms with Gasteiger partial charge in [-0.15, -0.1) is 5.10 Å². The van der Waals surface area contributed by atoms with Crippen molar-refractivity contribution in [1.82, 2.24) is 15.2 Å². The van der Waals surface area contributed by atoms with E-state index in [1.54, 1.807) is 24.3 Å². The van der Waals surface area contributed by atoms with Gasteiger partial charge < -0.3 is 5.11 Å². The smallest absolute Gasteiger partial charge is 0.258 e. The van der Waals surface area contributed by atoms with Crippen molar-refractivity contribution in [2.75, 3.05) is 11.9 Å². The molecule has 1 aromatic carbocycles. The average molecular weight is 268 g/mol. The van der Waals surface area contributed by atoms with Gasteiger partial charge in [0.2, 0.25) is 5.95 Å². The zero-order chi connectivity index (χ0) is 14.2. The molecule has 6 heteroatoms. The molecule has 1 aromatic heterocycles. The van der Waals surface area contributed by atoms with Crippen LogP contribution in [0.15, 0.2) is 36.7 Å². The van der Waals surface area contributed by atoms with Crippen LogP contribution in [0.3, 0.4) is 0 Å². The van der Waals surface area contributed by atoms with Gasteiger partial charge in [-0.05, 0) is 18.2 Å². The number of hydrogen-bond donors (Lipinski definition) is 2. The van der Waals surface area contributed by atoms with E-state index in [4.69, 9.17) is 5.11 Å². The molecule has 0 radical (unpaired) electrons. The molecule has 100 valence electrons. The number of nitrogens with zero attached hydrogens (tertiary/aromatic N) is 3. The van der Waals surface area contributed by atoms with Gasteiger partial charge in [-0.2, -0.15) is 5.10 Å². The van der Waals surface area contributed by atoms with Crippen molar-refractivity contribution in [2.24, 2.45) is 0 Å². The SMILES string of the molecule is O=C(Nc1nccnn1)c1cccc(C#CCCO)c1. The van der Waals surface area contributed by atoms with Crippen LogP contribution in [0.4, 0.5) is 5.95 Å². The van der Waals surface area contributed by atoms with E-state index in [1.165, 1.54) is 12.4 Å². The first-order valence-electron chi connectivity index (χ1n) is 5.94. The summed E-state index contributed by atoms with van der Waals surface area (Å²) in [5.74, 6) is 5.49. The second-order valence-electron chi connectivity index (χ2n) is 3.78. The minimum atomic E-state index is -0.330. The number of aliphatic hydroxyl groups is 1. The van der Waals surface area contributed by atoms with Gasteiger partial charge in [-0.1, -0.05) is 17.9 Å². The third-order valence-corrected chi connectivity index (χ3v) is 2.30. The van der Waals surface area contributed by atoms with Crippen LogP contribution >= 0.6 is 0 Å². The summed E-state index contributed by atoms with van der Waals surface area (Å²) < 4.78 is 0. The second-order valence-corrected chi connectivity index (χ2v) is 3.78. The molecule has 0 aliphatic carbocycles. The summed E-state index contributed by atoms with van der Waals surface area (Å²) in [5.41, 5.74) is 1.16. The number of rotatable bonds is 3. The molecule has 1 heterocycles. The van der Waals surface area contributed by atoms with Gasteiger partial charge in [0.05, 0.1) is 19.0 Å². The van der Waals surface area contributed by atoms with Crippen molar-refractivity contribution in [3.05, 3.63) is 47.8 Å². The molecule has 0 saturated heterocycles. The van der Waals surface area contributed by atoms with Gasteiger partial charge in [-0.3, -0.25) is 10.1 Å². The van der Waals surface area contributed by atoms with Crippen LogP contribution in [0.2, 0.25) is 0 Å². The van der Waals surface area contributed by atoms with Gasteiger partial charge in [0.15, 0.2) is 0 Å². The van der Waals surface area contributed by atoms with E-state index < -0.39 is 0 Å². The van der Waals surface area contributed by atoms with Crippen LogP contribution in [0, 0.1) is 11.8 Å². The summed E-state index contributed by atoms with van der Waals surface area (Å²) in [5, 5.41) is 18.5. The van der Waals surface area contributed by atoms with Gasteiger partial charge in [-0.25, -0.2) is 4.98 Å². The third kappa shape index (κ3) is 3.86. The number of aliphatic hydroxyl groups excluding tert-OH is 1. The first-order chi connectivity index (χ1) is 9.79. The highest BCUT2D eigenvalue weighted by Crippen LogP contribution is 2.06. The predicted molar refractivity (Wildman–Crippen MR) is 72.8 cm³/mol. The number of carbonyl (C=O) groups is 1. The summed E-state index contributed by atoms with van der Waals surface area (Å²) in [6.45, 7) is 0.0194. The largest absolute Gasteiger partial charge is 0.395 e. The van der Waals surface area contributed by atoms with E-state index in [0.717, 1.165) is 0 Å². The third-order valence-electron chi connectivity index (χ3n) is 2.30. The molecule has 6 nitrogen and oxygen atoms in total.